The summed E-state index contributed by atoms with van der Waals surface area (Å²) in [6, 6.07) is 0. The Labute approximate surface area is 105 Å². The molecule has 0 bridgehead atoms. The number of amides is 1. The molecule has 1 aromatic heterocycles. The molecule has 1 fully saturated rings. The van der Waals surface area contributed by atoms with Crippen molar-refractivity contribution >= 4 is 23.5 Å². The highest BCUT2D eigenvalue weighted by Crippen LogP contribution is 2.22. The average molecular weight is 252 g/mol. The lowest BCUT2D eigenvalue weighted by molar-refractivity contribution is 0.0754. The number of nitrogens with two attached hydrogens (primary N) is 1. The summed E-state index contributed by atoms with van der Waals surface area (Å²) in [5.41, 5.74) is 5.87. The van der Waals surface area contributed by atoms with E-state index in [-0.39, 0.29) is 11.7 Å². The van der Waals surface area contributed by atoms with Gasteiger partial charge in [0.1, 0.15) is 11.5 Å². The lowest BCUT2D eigenvalue weighted by Crippen LogP contribution is -2.42. The first-order valence-electron chi connectivity index (χ1n) is 5.69. The van der Waals surface area contributed by atoms with Gasteiger partial charge in [0, 0.05) is 24.1 Å². The van der Waals surface area contributed by atoms with E-state index in [1.165, 1.54) is 12.4 Å². The number of nitrogens with zero attached hydrogens (tertiary/aromatic N) is 3. The van der Waals surface area contributed by atoms with Crippen LogP contribution in [0.25, 0.3) is 0 Å². The third kappa shape index (κ3) is 2.88. The minimum absolute atomic E-state index is 0.0662. The van der Waals surface area contributed by atoms with Gasteiger partial charge in [-0.3, -0.25) is 9.78 Å². The number of carbonyl (C=O) groups is 1. The van der Waals surface area contributed by atoms with Gasteiger partial charge in [-0.05, 0) is 6.42 Å². The van der Waals surface area contributed by atoms with Gasteiger partial charge in [-0.1, -0.05) is 6.92 Å². The van der Waals surface area contributed by atoms with Gasteiger partial charge < -0.3 is 10.6 Å². The standard InChI is InChI=1S/C11H16N4OS/c1-2-8-7-15(3-4-17-8)11(16)9-5-13-6-10(12)14-9/h5-6,8H,2-4,7H2,1H3,(H2,12,14). The Bertz CT molecular complexity index is 412. The molecule has 17 heavy (non-hydrogen) atoms. The van der Waals surface area contributed by atoms with Gasteiger partial charge in [-0.25, -0.2) is 4.98 Å². The van der Waals surface area contributed by atoms with Crippen molar-refractivity contribution in [3.8, 4) is 0 Å². The molecule has 1 unspecified atom stereocenters. The second-order valence-electron chi connectivity index (χ2n) is 3.98. The summed E-state index contributed by atoms with van der Waals surface area (Å²) >= 11 is 1.93. The second kappa shape index (κ2) is 5.35. The van der Waals surface area contributed by atoms with E-state index in [2.05, 4.69) is 16.9 Å². The van der Waals surface area contributed by atoms with E-state index < -0.39 is 0 Å². The third-order valence-electron chi connectivity index (χ3n) is 2.75. The Kier molecular flexibility index (Phi) is 3.83. The van der Waals surface area contributed by atoms with Crippen LogP contribution in [0.3, 0.4) is 0 Å². The molecule has 6 heteroatoms. The van der Waals surface area contributed by atoms with Crippen molar-refractivity contribution in [3.05, 3.63) is 18.1 Å². The first-order valence-corrected chi connectivity index (χ1v) is 6.74. The van der Waals surface area contributed by atoms with Crippen molar-refractivity contribution < 1.29 is 4.79 Å². The monoisotopic (exact) mass is 252 g/mol. The van der Waals surface area contributed by atoms with Gasteiger partial charge in [-0.15, -0.1) is 0 Å². The van der Waals surface area contributed by atoms with Crippen molar-refractivity contribution in [3.63, 3.8) is 0 Å². The summed E-state index contributed by atoms with van der Waals surface area (Å²) in [5, 5.41) is 0.529. The SMILES string of the molecule is CCC1CN(C(=O)c2cncc(N)n2)CCS1. The lowest BCUT2D eigenvalue weighted by atomic mass is 10.2. The van der Waals surface area contributed by atoms with E-state index in [0.29, 0.717) is 10.9 Å². The summed E-state index contributed by atoms with van der Waals surface area (Å²) in [5.74, 6) is 1.21. The lowest BCUT2D eigenvalue weighted by Gasteiger charge is -2.31. The Morgan fingerprint density at radius 3 is 3.18 bits per heavy atom. The van der Waals surface area contributed by atoms with E-state index in [9.17, 15) is 4.79 Å². The Morgan fingerprint density at radius 2 is 2.47 bits per heavy atom. The van der Waals surface area contributed by atoms with E-state index in [0.717, 1.165) is 25.3 Å². The molecule has 1 saturated heterocycles. The minimum Gasteiger partial charge on any atom is -0.382 e. The van der Waals surface area contributed by atoms with Crippen LogP contribution in [0.2, 0.25) is 0 Å². The first-order chi connectivity index (χ1) is 8.20. The van der Waals surface area contributed by atoms with E-state index >= 15 is 0 Å². The Morgan fingerprint density at radius 1 is 1.65 bits per heavy atom. The molecule has 0 radical (unpaired) electrons. The molecular formula is C11H16N4OS. The Hall–Kier alpha value is -1.30. The van der Waals surface area contributed by atoms with Crippen LogP contribution in [0.5, 0.6) is 0 Å². The summed E-state index contributed by atoms with van der Waals surface area (Å²) in [6.07, 6.45) is 4.00. The number of thioether (sulfide) groups is 1. The second-order valence-corrected chi connectivity index (χ2v) is 5.39. The first kappa shape index (κ1) is 12.2. The number of nitrogen functional groups attached to an aromatic ring is 1. The molecule has 2 N–H and O–H groups in total. The zero-order valence-corrected chi connectivity index (χ0v) is 10.6. The van der Waals surface area contributed by atoms with E-state index in [1.54, 1.807) is 0 Å². The molecule has 0 saturated carbocycles. The quantitative estimate of drug-likeness (QED) is 0.851. The molecule has 1 aliphatic rings. The zero-order chi connectivity index (χ0) is 12.3. The highest BCUT2D eigenvalue weighted by molar-refractivity contribution is 8.00. The summed E-state index contributed by atoms with van der Waals surface area (Å²) in [6.45, 7) is 3.71. The predicted octanol–water partition coefficient (Wildman–Crippen LogP) is 1.03. The van der Waals surface area contributed by atoms with Gasteiger partial charge >= 0.3 is 0 Å². The number of carbonyl (C=O) groups excluding carboxylic acids is 1. The number of hydrogen-bond acceptors (Lipinski definition) is 5. The number of aromatic nitrogens is 2. The fourth-order valence-electron chi connectivity index (χ4n) is 1.80. The summed E-state index contributed by atoms with van der Waals surface area (Å²) < 4.78 is 0. The number of anilines is 1. The van der Waals surface area contributed by atoms with Crippen molar-refractivity contribution in [2.24, 2.45) is 0 Å². The van der Waals surface area contributed by atoms with Gasteiger partial charge in [0.15, 0.2) is 0 Å². The molecule has 0 spiro atoms. The molecule has 5 nitrogen and oxygen atoms in total. The highest BCUT2D eigenvalue weighted by Gasteiger charge is 2.24. The molecule has 2 heterocycles. The van der Waals surface area contributed by atoms with E-state index in [4.69, 9.17) is 5.73 Å². The van der Waals surface area contributed by atoms with Gasteiger partial charge in [0.2, 0.25) is 0 Å². The molecule has 92 valence electrons. The van der Waals surface area contributed by atoms with Crippen LogP contribution in [-0.4, -0.2) is 44.9 Å². The number of hydrogen-bond donors (Lipinski definition) is 1. The highest BCUT2D eigenvalue weighted by atomic mass is 32.2. The molecule has 1 amide bonds. The largest absolute Gasteiger partial charge is 0.382 e. The Balaban J connectivity index is 2.09. The predicted molar refractivity (Wildman–Crippen MR) is 68.9 cm³/mol. The van der Waals surface area contributed by atoms with Crippen LogP contribution in [0.1, 0.15) is 23.8 Å². The molecular weight excluding hydrogens is 236 g/mol. The fraction of sp³-hybridized carbons (Fsp3) is 0.545. The maximum absolute atomic E-state index is 12.2. The normalized spacial score (nSPS) is 20.3. The minimum atomic E-state index is -0.0662. The van der Waals surface area contributed by atoms with Gasteiger partial charge in [-0.2, -0.15) is 11.8 Å². The molecule has 1 aliphatic heterocycles. The smallest absolute Gasteiger partial charge is 0.274 e. The van der Waals surface area contributed by atoms with Crippen molar-refractivity contribution in [2.75, 3.05) is 24.6 Å². The van der Waals surface area contributed by atoms with Crippen LogP contribution in [-0.2, 0) is 0 Å². The molecule has 1 atom stereocenters. The maximum atomic E-state index is 12.2. The fourth-order valence-corrected chi connectivity index (χ4v) is 2.98. The zero-order valence-electron chi connectivity index (χ0n) is 9.80. The molecule has 2 rings (SSSR count). The molecule has 1 aromatic rings. The van der Waals surface area contributed by atoms with Crippen molar-refractivity contribution in [1.29, 1.82) is 0 Å². The van der Waals surface area contributed by atoms with Crippen LogP contribution in [0, 0.1) is 0 Å². The average Bonchev–Trinajstić information content (AvgIpc) is 2.38. The summed E-state index contributed by atoms with van der Waals surface area (Å²) in [7, 11) is 0. The summed E-state index contributed by atoms with van der Waals surface area (Å²) in [4.78, 5) is 21.9. The van der Waals surface area contributed by atoms with Crippen LogP contribution >= 0.6 is 11.8 Å². The topological polar surface area (TPSA) is 72.1 Å². The molecule has 0 aliphatic carbocycles. The molecule has 0 aromatic carbocycles. The van der Waals surface area contributed by atoms with Crippen LogP contribution in [0.4, 0.5) is 5.82 Å². The number of rotatable bonds is 2. The van der Waals surface area contributed by atoms with Gasteiger partial charge in [0.25, 0.3) is 5.91 Å². The van der Waals surface area contributed by atoms with Crippen molar-refractivity contribution in [2.45, 2.75) is 18.6 Å². The van der Waals surface area contributed by atoms with Crippen molar-refractivity contribution in [1.82, 2.24) is 14.9 Å². The third-order valence-corrected chi connectivity index (χ3v) is 4.13. The van der Waals surface area contributed by atoms with Gasteiger partial charge in [0.05, 0.1) is 12.4 Å². The van der Waals surface area contributed by atoms with Crippen LogP contribution in [0.15, 0.2) is 12.4 Å². The van der Waals surface area contributed by atoms with E-state index in [1.807, 2.05) is 16.7 Å². The maximum Gasteiger partial charge on any atom is 0.274 e. The van der Waals surface area contributed by atoms with Crippen LogP contribution < -0.4 is 5.73 Å².